The van der Waals surface area contributed by atoms with Gasteiger partial charge in [-0.05, 0) is 51.7 Å². The van der Waals surface area contributed by atoms with Gasteiger partial charge in [-0.25, -0.2) is 0 Å². The van der Waals surface area contributed by atoms with Crippen LogP contribution in [-0.2, 0) is 6.42 Å². The van der Waals surface area contributed by atoms with Gasteiger partial charge in [-0.1, -0.05) is 23.7 Å². The molecule has 1 atom stereocenters. The molecule has 88 valence electrons. The molecule has 0 radical (unpaired) electrons. The molecule has 0 saturated heterocycles. The van der Waals surface area contributed by atoms with Crippen LogP contribution in [-0.4, -0.2) is 4.98 Å². The van der Waals surface area contributed by atoms with Crippen LogP contribution in [0.25, 0.3) is 0 Å². The summed E-state index contributed by atoms with van der Waals surface area (Å²) in [5, 5.41) is 0.697. The van der Waals surface area contributed by atoms with E-state index in [1.807, 2.05) is 36.5 Å². The summed E-state index contributed by atoms with van der Waals surface area (Å²) in [7, 11) is 0. The molecule has 0 amide bonds. The second-order valence-electron chi connectivity index (χ2n) is 3.85. The number of nitrogens with zero attached hydrogens (tertiary/aromatic N) is 1. The quantitative estimate of drug-likeness (QED) is 0.938. The molecule has 17 heavy (non-hydrogen) atoms. The number of nitrogens with two attached hydrogens (primary N) is 1. The van der Waals surface area contributed by atoms with Gasteiger partial charge in [0.2, 0.25) is 0 Å². The average molecular weight is 312 g/mol. The first-order valence-corrected chi connectivity index (χ1v) is 6.43. The van der Waals surface area contributed by atoms with Crippen LogP contribution in [0.1, 0.15) is 17.2 Å². The van der Waals surface area contributed by atoms with Crippen LogP contribution in [0.3, 0.4) is 0 Å². The van der Waals surface area contributed by atoms with Gasteiger partial charge in [-0.3, -0.25) is 4.98 Å². The first kappa shape index (κ1) is 12.6. The predicted octanol–water partition coefficient (Wildman–Crippen LogP) is 3.74. The minimum Gasteiger partial charge on any atom is -0.324 e. The summed E-state index contributed by atoms with van der Waals surface area (Å²) in [5.41, 5.74) is 8.35. The van der Waals surface area contributed by atoms with E-state index in [-0.39, 0.29) is 6.04 Å². The van der Waals surface area contributed by atoms with Gasteiger partial charge in [-0.2, -0.15) is 0 Å². The van der Waals surface area contributed by atoms with Gasteiger partial charge in [0.25, 0.3) is 0 Å². The summed E-state index contributed by atoms with van der Waals surface area (Å²) in [4.78, 5) is 4.08. The predicted molar refractivity (Wildman–Crippen MR) is 74.0 cm³/mol. The lowest BCUT2D eigenvalue weighted by molar-refractivity contribution is 0.719. The molecular weight excluding hydrogens is 300 g/mol. The Balaban J connectivity index is 2.14. The van der Waals surface area contributed by atoms with Crippen molar-refractivity contribution in [2.24, 2.45) is 5.73 Å². The second-order valence-corrected chi connectivity index (χ2v) is 5.11. The maximum absolute atomic E-state index is 6.15. The number of aromatic nitrogens is 1. The van der Waals surface area contributed by atoms with Crippen molar-refractivity contribution in [1.82, 2.24) is 4.98 Å². The maximum atomic E-state index is 6.15. The lowest BCUT2D eigenvalue weighted by Gasteiger charge is -2.12. The fraction of sp³-hybridized carbons (Fsp3) is 0.154. The van der Waals surface area contributed by atoms with Gasteiger partial charge in [-0.15, -0.1) is 0 Å². The smallest absolute Gasteiger partial charge is 0.0548 e. The minimum atomic E-state index is -0.0484. The molecule has 4 heteroatoms. The lowest BCUT2D eigenvalue weighted by Crippen LogP contribution is -2.13. The molecule has 0 aliphatic heterocycles. The third-order valence-electron chi connectivity index (χ3n) is 2.55. The molecule has 2 N–H and O–H groups in total. The van der Waals surface area contributed by atoms with E-state index in [4.69, 9.17) is 17.3 Å². The van der Waals surface area contributed by atoms with Gasteiger partial charge in [0, 0.05) is 22.9 Å². The van der Waals surface area contributed by atoms with Crippen molar-refractivity contribution in [3.8, 4) is 0 Å². The molecule has 0 saturated carbocycles. The second kappa shape index (κ2) is 5.63. The number of hydrogen-bond acceptors (Lipinski definition) is 2. The highest BCUT2D eigenvalue weighted by Crippen LogP contribution is 2.26. The number of hydrogen-bond donors (Lipinski definition) is 1. The fourth-order valence-corrected chi connectivity index (χ4v) is 2.15. The summed E-state index contributed by atoms with van der Waals surface area (Å²) < 4.78 is 0.873. The first-order chi connectivity index (χ1) is 8.16. The van der Waals surface area contributed by atoms with E-state index in [0.717, 1.165) is 22.0 Å². The standard InChI is InChI=1S/C13H12BrClN2/c14-11-7-10(3-4-12(11)15)13(16)6-9-2-1-5-17-8-9/h1-5,7-8,13H,6,16H2. The molecule has 1 heterocycles. The normalized spacial score (nSPS) is 12.4. The molecule has 0 aliphatic rings. The molecule has 1 aromatic heterocycles. The Hall–Kier alpha value is -0.900. The zero-order valence-electron chi connectivity index (χ0n) is 9.11. The van der Waals surface area contributed by atoms with Crippen LogP contribution in [0.5, 0.6) is 0 Å². The molecule has 1 unspecified atom stereocenters. The summed E-state index contributed by atoms with van der Waals surface area (Å²) in [6.07, 6.45) is 4.36. The molecule has 2 rings (SSSR count). The van der Waals surface area contributed by atoms with Crippen LogP contribution in [0, 0.1) is 0 Å². The largest absolute Gasteiger partial charge is 0.324 e. The van der Waals surface area contributed by atoms with E-state index in [2.05, 4.69) is 20.9 Å². The van der Waals surface area contributed by atoms with E-state index in [9.17, 15) is 0 Å². The van der Waals surface area contributed by atoms with Crippen LogP contribution < -0.4 is 5.73 Å². The van der Waals surface area contributed by atoms with Crippen molar-refractivity contribution < 1.29 is 0 Å². The zero-order chi connectivity index (χ0) is 12.3. The zero-order valence-corrected chi connectivity index (χ0v) is 11.4. The summed E-state index contributed by atoms with van der Waals surface area (Å²) in [6, 6.07) is 9.66. The van der Waals surface area contributed by atoms with E-state index < -0.39 is 0 Å². The first-order valence-electron chi connectivity index (χ1n) is 5.26. The SMILES string of the molecule is NC(Cc1cccnc1)c1ccc(Cl)c(Br)c1. The highest BCUT2D eigenvalue weighted by Gasteiger charge is 2.08. The topological polar surface area (TPSA) is 38.9 Å². The number of pyridine rings is 1. The van der Waals surface area contributed by atoms with Gasteiger partial charge < -0.3 is 5.73 Å². The van der Waals surface area contributed by atoms with Crippen LogP contribution in [0.15, 0.2) is 47.2 Å². The molecular formula is C13H12BrClN2. The van der Waals surface area contributed by atoms with Gasteiger partial charge in [0.1, 0.15) is 0 Å². The molecule has 1 aromatic carbocycles. The van der Waals surface area contributed by atoms with Gasteiger partial charge in [0.05, 0.1) is 5.02 Å². The van der Waals surface area contributed by atoms with Crippen molar-refractivity contribution in [3.63, 3.8) is 0 Å². The summed E-state index contributed by atoms with van der Waals surface area (Å²) in [6.45, 7) is 0. The summed E-state index contributed by atoms with van der Waals surface area (Å²) in [5.74, 6) is 0. The van der Waals surface area contributed by atoms with Crippen LogP contribution in [0.2, 0.25) is 5.02 Å². The van der Waals surface area contributed by atoms with Gasteiger partial charge >= 0.3 is 0 Å². The highest BCUT2D eigenvalue weighted by molar-refractivity contribution is 9.10. The van der Waals surface area contributed by atoms with Crippen molar-refractivity contribution >= 4 is 27.5 Å². The van der Waals surface area contributed by atoms with Crippen molar-refractivity contribution in [2.45, 2.75) is 12.5 Å². The lowest BCUT2D eigenvalue weighted by atomic mass is 10.0. The average Bonchev–Trinajstić information content (AvgIpc) is 2.34. The summed E-state index contributed by atoms with van der Waals surface area (Å²) >= 11 is 9.35. The number of rotatable bonds is 3. The molecule has 0 bridgehead atoms. The van der Waals surface area contributed by atoms with E-state index in [0.29, 0.717) is 5.02 Å². The Labute approximate surface area is 114 Å². The molecule has 0 aliphatic carbocycles. The van der Waals surface area contributed by atoms with Crippen molar-refractivity contribution in [3.05, 3.63) is 63.3 Å². The van der Waals surface area contributed by atoms with Gasteiger partial charge in [0.15, 0.2) is 0 Å². The Morgan fingerprint density at radius 2 is 2.18 bits per heavy atom. The van der Waals surface area contributed by atoms with Crippen molar-refractivity contribution in [2.75, 3.05) is 0 Å². The third kappa shape index (κ3) is 3.28. The molecule has 2 aromatic rings. The fourth-order valence-electron chi connectivity index (χ4n) is 1.63. The minimum absolute atomic E-state index is 0.0484. The highest BCUT2D eigenvalue weighted by atomic mass is 79.9. The molecule has 0 spiro atoms. The molecule has 0 fully saturated rings. The number of halogens is 2. The van der Waals surface area contributed by atoms with Crippen molar-refractivity contribution in [1.29, 1.82) is 0 Å². The monoisotopic (exact) mass is 310 g/mol. The van der Waals surface area contributed by atoms with Crippen LogP contribution in [0.4, 0.5) is 0 Å². The van der Waals surface area contributed by atoms with E-state index in [1.54, 1.807) is 6.20 Å². The Kier molecular flexibility index (Phi) is 4.15. The van der Waals surface area contributed by atoms with E-state index >= 15 is 0 Å². The third-order valence-corrected chi connectivity index (χ3v) is 3.76. The van der Waals surface area contributed by atoms with Crippen LogP contribution >= 0.6 is 27.5 Å². The Morgan fingerprint density at radius 1 is 1.35 bits per heavy atom. The Bertz CT molecular complexity index is 502. The Morgan fingerprint density at radius 3 is 2.82 bits per heavy atom. The number of benzene rings is 1. The molecule has 2 nitrogen and oxygen atoms in total. The maximum Gasteiger partial charge on any atom is 0.0548 e. The van der Waals surface area contributed by atoms with E-state index in [1.165, 1.54) is 0 Å².